The maximum atomic E-state index is 12.2. The molecule has 7 nitrogen and oxygen atoms in total. The Kier molecular flexibility index (Phi) is 6.16. The van der Waals surface area contributed by atoms with Crippen LogP contribution in [0.3, 0.4) is 0 Å². The number of aromatic nitrogens is 3. The van der Waals surface area contributed by atoms with Gasteiger partial charge in [0.25, 0.3) is 5.91 Å². The van der Waals surface area contributed by atoms with Gasteiger partial charge in [-0.25, -0.2) is 9.67 Å². The van der Waals surface area contributed by atoms with Crippen LogP contribution < -0.4 is 10.1 Å². The second-order valence-electron chi connectivity index (χ2n) is 7.02. The Bertz CT molecular complexity index is 936. The zero-order valence-electron chi connectivity index (χ0n) is 16.3. The number of nitrogens with zero attached hydrogens (tertiary/aromatic N) is 4. The van der Waals surface area contributed by atoms with Crippen molar-refractivity contribution in [1.29, 1.82) is 0 Å². The van der Waals surface area contributed by atoms with E-state index in [1.165, 1.54) is 0 Å². The van der Waals surface area contributed by atoms with Crippen LogP contribution in [0.25, 0.3) is 5.82 Å². The Labute approximate surface area is 170 Å². The minimum Gasteiger partial charge on any atom is -0.483 e. The Morgan fingerprint density at radius 2 is 1.79 bits per heavy atom. The average molecular weight is 391 g/mol. The molecule has 0 aliphatic carbocycles. The molecule has 1 saturated heterocycles. The number of rotatable bonds is 8. The number of carbonyl (C=O) groups excluding carboxylic acids is 1. The molecule has 1 aliphatic heterocycles. The van der Waals surface area contributed by atoms with Crippen molar-refractivity contribution in [2.75, 3.05) is 19.7 Å². The normalized spacial score (nSPS) is 13.6. The number of pyridine rings is 1. The van der Waals surface area contributed by atoms with E-state index in [0.29, 0.717) is 13.1 Å². The van der Waals surface area contributed by atoms with E-state index in [4.69, 9.17) is 4.74 Å². The summed E-state index contributed by atoms with van der Waals surface area (Å²) in [4.78, 5) is 18.6. The van der Waals surface area contributed by atoms with Gasteiger partial charge < -0.3 is 15.0 Å². The zero-order chi connectivity index (χ0) is 19.9. The van der Waals surface area contributed by atoms with Crippen molar-refractivity contribution in [3.63, 3.8) is 0 Å². The van der Waals surface area contributed by atoms with Crippen LogP contribution in [-0.4, -0.2) is 45.3 Å². The first kappa shape index (κ1) is 19.1. The van der Waals surface area contributed by atoms with E-state index in [1.807, 2.05) is 53.6 Å². The predicted molar refractivity (Wildman–Crippen MR) is 110 cm³/mol. The Hall–Kier alpha value is -3.19. The first-order valence-corrected chi connectivity index (χ1v) is 9.94. The van der Waals surface area contributed by atoms with Gasteiger partial charge in [-0.2, -0.15) is 5.10 Å². The summed E-state index contributed by atoms with van der Waals surface area (Å²) in [6.07, 6.45) is 7.55. The van der Waals surface area contributed by atoms with Crippen molar-refractivity contribution >= 4 is 5.91 Å². The molecule has 0 spiro atoms. The van der Waals surface area contributed by atoms with Crippen LogP contribution in [0.1, 0.15) is 24.0 Å². The summed E-state index contributed by atoms with van der Waals surface area (Å²) >= 11 is 0. The van der Waals surface area contributed by atoms with Crippen molar-refractivity contribution in [2.45, 2.75) is 25.9 Å². The zero-order valence-corrected chi connectivity index (χ0v) is 16.3. The third kappa shape index (κ3) is 4.81. The number of hydrogen-bond donors (Lipinski definition) is 1. The smallest absolute Gasteiger partial charge is 0.260 e. The van der Waals surface area contributed by atoms with Gasteiger partial charge in [-0.05, 0) is 31.0 Å². The van der Waals surface area contributed by atoms with Crippen LogP contribution in [0.2, 0.25) is 0 Å². The van der Waals surface area contributed by atoms with Crippen LogP contribution in [0.5, 0.6) is 5.75 Å². The van der Waals surface area contributed by atoms with E-state index in [2.05, 4.69) is 15.4 Å². The fourth-order valence-corrected chi connectivity index (χ4v) is 3.49. The molecule has 1 N–H and O–H groups in total. The summed E-state index contributed by atoms with van der Waals surface area (Å²) in [6.45, 7) is 3.04. The third-order valence-corrected chi connectivity index (χ3v) is 5.00. The quantitative estimate of drug-likeness (QED) is 0.639. The lowest BCUT2D eigenvalue weighted by molar-refractivity contribution is -0.132. The lowest BCUT2D eigenvalue weighted by atomic mass is 10.2. The molecule has 3 heterocycles. The van der Waals surface area contributed by atoms with Crippen molar-refractivity contribution in [1.82, 2.24) is 25.0 Å². The summed E-state index contributed by atoms with van der Waals surface area (Å²) in [5.41, 5.74) is 2.07. The van der Waals surface area contributed by atoms with Gasteiger partial charge in [-0.1, -0.05) is 24.3 Å². The minimum atomic E-state index is 0.0597. The molecule has 0 bridgehead atoms. The summed E-state index contributed by atoms with van der Waals surface area (Å²) in [5.74, 6) is 1.61. The highest BCUT2D eigenvalue weighted by molar-refractivity contribution is 5.78. The monoisotopic (exact) mass is 391 g/mol. The lowest BCUT2D eigenvalue weighted by Crippen LogP contribution is -2.32. The number of benzene rings is 1. The topological polar surface area (TPSA) is 72.3 Å². The van der Waals surface area contributed by atoms with Gasteiger partial charge in [-0.15, -0.1) is 0 Å². The third-order valence-electron chi connectivity index (χ3n) is 5.00. The molecule has 3 aromatic rings. The van der Waals surface area contributed by atoms with Crippen LogP contribution in [0, 0.1) is 0 Å². The second kappa shape index (κ2) is 9.34. The summed E-state index contributed by atoms with van der Waals surface area (Å²) < 4.78 is 7.60. The van der Waals surface area contributed by atoms with Gasteiger partial charge in [0.15, 0.2) is 12.4 Å². The average Bonchev–Trinajstić information content (AvgIpc) is 3.47. The molecule has 29 heavy (non-hydrogen) atoms. The van der Waals surface area contributed by atoms with Crippen LogP contribution in [-0.2, 0) is 17.9 Å². The van der Waals surface area contributed by atoms with Gasteiger partial charge >= 0.3 is 0 Å². The molecule has 0 saturated carbocycles. The molecule has 2 aromatic heterocycles. The maximum absolute atomic E-state index is 12.2. The van der Waals surface area contributed by atoms with Crippen LogP contribution in [0.15, 0.2) is 61.1 Å². The van der Waals surface area contributed by atoms with Gasteiger partial charge in [0.2, 0.25) is 0 Å². The van der Waals surface area contributed by atoms with Gasteiger partial charge in [-0.3, -0.25) is 4.79 Å². The van der Waals surface area contributed by atoms with E-state index in [-0.39, 0.29) is 12.5 Å². The largest absolute Gasteiger partial charge is 0.483 e. The molecule has 1 aromatic carbocycles. The number of nitrogens with one attached hydrogen (secondary N) is 1. The summed E-state index contributed by atoms with van der Waals surface area (Å²) in [5, 5.41) is 7.72. The van der Waals surface area contributed by atoms with Crippen LogP contribution >= 0.6 is 0 Å². The number of likely N-dealkylation sites (tertiary alicyclic amines) is 1. The van der Waals surface area contributed by atoms with Gasteiger partial charge in [0.05, 0.1) is 0 Å². The van der Waals surface area contributed by atoms with Crippen molar-refractivity contribution in [2.24, 2.45) is 0 Å². The van der Waals surface area contributed by atoms with E-state index >= 15 is 0 Å². The first-order chi connectivity index (χ1) is 14.3. The molecule has 0 unspecified atom stereocenters. The highest BCUT2D eigenvalue weighted by Crippen LogP contribution is 2.19. The molecule has 7 heteroatoms. The Balaban J connectivity index is 1.35. The summed E-state index contributed by atoms with van der Waals surface area (Å²) in [6, 6.07) is 13.7. The molecule has 1 aliphatic rings. The number of amides is 1. The second-order valence-corrected chi connectivity index (χ2v) is 7.02. The van der Waals surface area contributed by atoms with E-state index in [1.54, 1.807) is 17.1 Å². The van der Waals surface area contributed by atoms with Gasteiger partial charge in [0, 0.05) is 55.9 Å². The SMILES string of the molecule is O=C(COc1ccccc1CNCc1cccnc1-n1cccn1)N1CCCC1. The maximum Gasteiger partial charge on any atom is 0.260 e. The number of para-hydroxylation sites is 1. The molecule has 0 atom stereocenters. The van der Waals surface area contributed by atoms with Gasteiger partial charge in [0.1, 0.15) is 5.75 Å². The number of hydrogen-bond acceptors (Lipinski definition) is 5. The molecule has 0 radical (unpaired) electrons. The first-order valence-electron chi connectivity index (χ1n) is 9.94. The fraction of sp³-hybridized carbons (Fsp3) is 0.318. The van der Waals surface area contributed by atoms with E-state index < -0.39 is 0 Å². The van der Waals surface area contributed by atoms with E-state index in [0.717, 1.165) is 48.6 Å². The summed E-state index contributed by atoms with van der Waals surface area (Å²) in [7, 11) is 0. The lowest BCUT2D eigenvalue weighted by Gasteiger charge is -2.17. The minimum absolute atomic E-state index is 0.0597. The van der Waals surface area contributed by atoms with Crippen LogP contribution in [0.4, 0.5) is 0 Å². The predicted octanol–water partition coefficient (Wildman–Crippen LogP) is 2.56. The molecule has 150 valence electrons. The molecule has 4 rings (SSSR count). The molecule has 1 amide bonds. The van der Waals surface area contributed by atoms with Crippen molar-refractivity contribution in [3.8, 4) is 11.6 Å². The molecular formula is C22H25N5O2. The number of ether oxygens (including phenoxy) is 1. The molecule has 1 fully saturated rings. The molecular weight excluding hydrogens is 366 g/mol. The Morgan fingerprint density at radius 1 is 1.00 bits per heavy atom. The number of carbonyl (C=O) groups is 1. The highest BCUT2D eigenvalue weighted by Gasteiger charge is 2.18. The standard InChI is InChI=1S/C22H25N5O2/c28-21(26-12-3-4-13-26)17-29-20-9-2-1-7-18(20)15-23-16-19-8-5-10-24-22(19)27-14-6-11-25-27/h1-2,5-11,14,23H,3-4,12-13,15-17H2. The van der Waals surface area contributed by atoms with Crippen molar-refractivity contribution < 1.29 is 9.53 Å². The fourth-order valence-electron chi connectivity index (χ4n) is 3.49. The van der Waals surface area contributed by atoms with E-state index in [9.17, 15) is 4.79 Å². The Morgan fingerprint density at radius 3 is 2.62 bits per heavy atom. The highest BCUT2D eigenvalue weighted by atomic mass is 16.5. The van der Waals surface area contributed by atoms with Crippen molar-refractivity contribution in [3.05, 3.63) is 72.2 Å².